The lowest BCUT2D eigenvalue weighted by atomic mass is 9.98. The van der Waals surface area contributed by atoms with Gasteiger partial charge in [-0.2, -0.15) is 13.2 Å². The van der Waals surface area contributed by atoms with E-state index in [1.54, 1.807) is 6.07 Å². The molecule has 2 unspecified atom stereocenters. The van der Waals surface area contributed by atoms with E-state index in [1.165, 1.54) is 6.07 Å². The Hall–Kier alpha value is -1.27. The third-order valence-electron chi connectivity index (χ3n) is 4.47. The van der Waals surface area contributed by atoms with Crippen LogP contribution in [-0.2, 0) is 11.0 Å². The van der Waals surface area contributed by atoms with Gasteiger partial charge in [-0.05, 0) is 56.0 Å². The van der Waals surface area contributed by atoms with Crippen LogP contribution in [0, 0.1) is 5.92 Å². The summed E-state index contributed by atoms with van der Waals surface area (Å²) < 4.78 is 38.6. The lowest BCUT2D eigenvalue weighted by molar-refractivity contribution is -0.137. The average Bonchev–Trinajstić information content (AvgIpc) is 3.05. The molecule has 2 atom stereocenters. The highest BCUT2D eigenvalue weighted by Gasteiger charge is 2.31. The van der Waals surface area contributed by atoms with Crippen molar-refractivity contribution in [2.45, 2.75) is 51.2 Å². The Balaban J connectivity index is 0.00000312. The van der Waals surface area contributed by atoms with E-state index < -0.39 is 11.7 Å². The van der Waals surface area contributed by atoms with E-state index in [2.05, 4.69) is 10.6 Å². The molecular formula is C18H26ClF3N2O. The molecule has 0 aromatic heterocycles. The van der Waals surface area contributed by atoms with Crippen molar-refractivity contribution < 1.29 is 18.0 Å². The highest BCUT2D eigenvalue weighted by atomic mass is 35.5. The van der Waals surface area contributed by atoms with Crippen LogP contribution in [0.4, 0.5) is 13.2 Å². The maximum Gasteiger partial charge on any atom is 0.416 e. The molecule has 0 radical (unpaired) electrons. The Morgan fingerprint density at radius 2 is 2.16 bits per heavy atom. The zero-order valence-electron chi connectivity index (χ0n) is 14.4. The summed E-state index contributed by atoms with van der Waals surface area (Å²) >= 11 is 0. The first-order chi connectivity index (χ1) is 11.4. The maximum atomic E-state index is 12.9. The number of hydrogen-bond acceptors (Lipinski definition) is 2. The number of rotatable bonds is 7. The first kappa shape index (κ1) is 21.8. The summed E-state index contributed by atoms with van der Waals surface area (Å²) in [5, 5.41) is 6.18. The third-order valence-corrected chi connectivity index (χ3v) is 4.47. The zero-order chi connectivity index (χ0) is 17.6. The van der Waals surface area contributed by atoms with Crippen LogP contribution in [0.1, 0.15) is 56.2 Å². The molecule has 7 heteroatoms. The highest BCUT2D eigenvalue weighted by molar-refractivity contribution is 5.85. The molecule has 25 heavy (non-hydrogen) atoms. The van der Waals surface area contributed by atoms with Crippen LogP contribution in [0.3, 0.4) is 0 Å². The molecule has 1 amide bonds. The van der Waals surface area contributed by atoms with E-state index in [0.717, 1.165) is 44.5 Å². The Kier molecular flexibility index (Phi) is 8.73. The van der Waals surface area contributed by atoms with E-state index >= 15 is 0 Å². The van der Waals surface area contributed by atoms with E-state index in [4.69, 9.17) is 0 Å². The number of nitrogens with one attached hydrogen (secondary N) is 2. The number of carbonyl (C=O) groups is 1. The Morgan fingerprint density at radius 3 is 2.76 bits per heavy atom. The summed E-state index contributed by atoms with van der Waals surface area (Å²) in [5.41, 5.74) is -0.157. The van der Waals surface area contributed by atoms with Gasteiger partial charge in [0, 0.05) is 6.42 Å². The van der Waals surface area contributed by atoms with Gasteiger partial charge in [-0.1, -0.05) is 25.5 Å². The summed E-state index contributed by atoms with van der Waals surface area (Å²) in [6.45, 7) is 3.89. The minimum absolute atomic E-state index is 0. The lowest BCUT2D eigenvalue weighted by Gasteiger charge is -2.20. The quantitative estimate of drug-likeness (QED) is 0.734. The standard InChI is InChI=1S/C18H25F3N2O.ClH/c1-2-4-16(14-5-3-6-15(11-14)18(19,20)21)23-17(24)8-7-13-9-10-22-12-13;/h3,5-6,11,13,16,22H,2,4,7-10,12H2,1H3,(H,23,24);1H. The SMILES string of the molecule is CCCC(NC(=O)CCC1CCNC1)c1cccc(C(F)(F)F)c1.Cl. The van der Waals surface area contributed by atoms with Gasteiger partial charge < -0.3 is 10.6 Å². The van der Waals surface area contributed by atoms with Crippen LogP contribution in [0.2, 0.25) is 0 Å². The van der Waals surface area contributed by atoms with Crippen LogP contribution < -0.4 is 10.6 Å². The van der Waals surface area contributed by atoms with Crippen molar-refractivity contribution in [3.63, 3.8) is 0 Å². The van der Waals surface area contributed by atoms with Gasteiger partial charge in [-0.3, -0.25) is 4.79 Å². The van der Waals surface area contributed by atoms with Crippen LogP contribution in [0.25, 0.3) is 0 Å². The lowest BCUT2D eigenvalue weighted by Crippen LogP contribution is -2.29. The summed E-state index contributed by atoms with van der Waals surface area (Å²) in [6.07, 6.45) is -0.636. The van der Waals surface area contributed by atoms with Crippen molar-refractivity contribution >= 4 is 18.3 Å². The van der Waals surface area contributed by atoms with Crippen molar-refractivity contribution in [2.75, 3.05) is 13.1 Å². The van der Waals surface area contributed by atoms with Gasteiger partial charge in [0.15, 0.2) is 0 Å². The van der Waals surface area contributed by atoms with E-state index in [1.807, 2.05) is 6.92 Å². The van der Waals surface area contributed by atoms with Gasteiger partial charge in [0.1, 0.15) is 0 Å². The third kappa shape index (κ3) is 6.86. The molecule has 1 aromatic rings. The van der Waals surface area contributed by atoms with Crippen molar-refractivity contribution in [2.24, 2.45) is 5.92 Å². The smallest absolute Gasteiger partial charge is 0.349 e. The molecule has 0 bridgehead atoms. The molecule has 0 saturated carbocycles. The van der Waals surface area contributed by atoms with Crippen LogP contribution in [0.15, 0.2) is 24.3 Å². The summed E-state index contributed by atoms with van der Waals surface area (Å²) in [6, 6.07) is 4.88. The van der Waals surface area contributed by atoms with Crippen LogP contribution in [-0.4, -0.2) is 19.0 Å². The highest BCUT2D eigenvalue weighted by Crippen LogP contribution is 2.31. The maximum absolute atomic E-state index is 12.9. The Labute approximate surface area is 153 Å². The average molecular weight is 379 g/mol. The molecule has 1 aliphatic heterocycles. The van der Waals surface area contributed by atoms with Crippen molar-refractivity contribution in [3.8, 4) is 0 Å². The van der Waals surface area contributed by atoms with Crippen molar-refractivity contribution in [1.82, 2.24) is 10.6 Å². The minimum Gasteiger partial charge on any atom is -0.349 e. The Bertz CT molecular complexity index is 545. The normalized spacial score (nSPS) is 18.5. The van der Waals surface area contributed by atoms with Gasteiger partial charge in [0.25, 0.3) is 0 Å². The zero-order valence-corrected chi connectivity index (χ0v) is 15.2. The van der Waals surface area contributed by atoms with Gasteiger partial charge >= 0.3 is 6.18 Å². The molecule has 2 N–H and O–H groups in total. The van der Waals surface area contributed by atoms with Crippen LogP contribution >= 0.6 is 12.4 Å². The fraction of sp³-hybridized carbons (Fsp3) is 0.611. The molecule has 2 rings (SSSR count). The minimum atomic E-state index is -4.37. The molecule has 142 valence electrons. The Morgan fingerprint density at radius 1 is 1.40 bits per heavy atom. The van der Waals surface area contributed by atoms with Crippen molar-refractivity contribution in [3.05, 3.63) is 35.4 Å². The molecule has 1 saturated heterocycles. The molecular weight excluding hydrogens is 353 g/mol. The molecule has 1 heterocycles. The number of halogens is 4. The van der Waals surface area contributed by atoms with Gasteiger partial charge in [0.05, 0.1) is 11.6 Å². The fourth-order valence-electron chi connectivity index (χ4n) is 3.11. The second-order valence-corrected chi connectivity index (χ2v) is 6.43. The second-order valence-electron chi connectivity index (χ2n) is 6.43. The largest absolute Gasteiger partial charge is 0.416 e. The van der Waals surface area contributed by atoms with Gasteiger partial charge in [-0.15, -0.1) is 12.4 Å². The van der Waals surface area contributed by atoms with Gasteiger partial charge in [-0.25, -0.2) is 0 Å². The number of hydrogen-bond donors (Lipinski definition) is 2. The summed E-state index contributed by atoms with van der Waals surface area (Å²) in [4.78, 5) is 12.2. The summed E-state index contributed by atoms with van der Waals surface area (Å²) in [7, 11) is 0. The number of benzene rings is 1. The number of amides is 1. The molecule has 3 nitrogen and oxygen atoms in total. The van der Waals surface area contributed by atoms with E-state index in [-0.39, 0.29) is 24.4 Å². The topological polar surface area (TPSA) is 41.1 Å². The molecule has 1 aromatic carbocycles. The first-order valence-corrected chi connectivity index (χ1v) is 8.57. The van der Waals surface area contributed by atoms with Crippen LogP contribution in [0.5, 0.6) is 0 Å². The summed E-state index contributed by atoms with van der Waals surface area (Å²) in [5.74, 6) is 0.437. The predicted octanol–water partition coefficient (Wildman–Crippen LogP) is 4.47. The number of carbonyl (C=O) groups excluding carboxylic acids is 1. The number of alkyl halides is 3. The second kappa shape index (κ2) is 10.0. The van der Waals surface area contributed by atoms with E-state index in [9.17, 15) is 18.0 Å². The molecule has 1 aliphatic rings. The monoisotopic (exact) mass is 378 g/mol. The molecule has 0 aliphatic carbocycles. The molecule has 1 fully saturated rings. The molecule has 0 spiro atoms. The van der Waals surface area contributed by atoms with Gasteiger partial charge in [0.2, 0.25) is 5.91 Å². The fourth-order valence-corrected chi connectivity index (χ4v) is 3.11. The predicted molar refractivity (Wildman–Crippen MR) is 94.7 cm³/mol. The van der Waals surface area contributed by atoms with Crippen molar-refractivity contribution in [1.29, 1.82) is 0 Å². The first-order valence-electron chi connectivity index (χ1n) is 8.57. The van der Waals surface area contributed by atoms with E-state index in [0.29, 0.717) is 24.3 Å².